The van der Waals surface area contributed by atoms with E-state index in [1.54, 1.807) is 0 Å². The first-order chi connectivity index (χ1) is 5.74. The van der Waals surface area contributed by atoms with Gasteiger partial charge in [-0.3, -0.25) is 5.32 Å². The number of nitrogens with zero attached hydrogens (tertiary/aromatic N) is 1. The molecule has 0 saturated carbocycles. The van der Waals surface area contributed by atoms with Gasteiger partial charge < -0.3 is 5.73 Å². The minimum atomic E-state index is 0.649. The Bertz CT molecular complexity index is 262. The first-order valence-corrected chi connectivity index (χ1v) is 4.62. The first kappa shape index (κ1) is 9.48. The molecule has 1 heterocycles. The van der Waals surface area contributed by atoms with Gasteiger partial charge in [-0.15, -0.1) is 0 Å². The van der Waals surface area contributed by atoms with Crippen LogP contribution < -0.4 is 15.6 Å². The van der Waals surface area contributed by atoms with Crippen LogP contribution in [-0.2, 0) is 7.05 Å². The van der Waals surface area contributed by atoms with Gasteiger partial charge in [-0.05, 0) is 22.0 Å². The number of hydrogen-bond donors (Lipinski definition) is 2. The third kappa shape index (κ3) is 2.46. The average Bonchev–Trinajstić information content (AvgIpc) is 2.03. The van der Waals surface area contributed by atoms with E-state index in [1.165, 1.54) is 0 Å². The molecule has 0 aliphatic rings. The maximum absolute atomic E-state index is 5.38. The highest BCUT2D eigenvalue weighted by Crippen LogP contribution is 2.07. The summed E-state index contributed by atoms with van der Waals surface area (Å²) in [6, 6.07) is 4.01. The SMILES string of the molecule is C[n+]1cc(Br)ccc1NCCN. The van der Waals surface area contributed by atoms with Crippen molar-refractivity contribution in [1.82, 2.24) is 0 Å². The molecule has 0 aliphatic carbocycles. The van der Waals surface area contributed by atoms with Crippen LogP contribution in [0.2, 0.25) is 0 Å². The van der Waals surface area contributed by atoms with E-state index < -0.39 is 0 Å². The second-order valence-electron chi connectivity index (χ2n) is 2.56. The van der Waals surface area contributed by atoms with Gasteiger partial charge in [-0.2, -0.15) is 0 Å². The zero-order chi connectivity index (χ0) is 8.97. The molecule has 4 heteroatoms. The molecular weight excluding hydrogens is 218 g/mol. The predicted molar refractivity (Wildman–Crippen MR) is 52.9 cm³/mol. The van der Waals surface area contributed by atoms with E-state index in [-0.39, 0.29) is 0 Å². The maximum Gasteiger partial charge on any atom is 0.274 e. The molecule has 3 nitrogen and oxygen atoms in total. The van der Waals surface area contributed by atoms with Gasteiger partial charge in [0.2, 0.25) is 0 Å². The number of rotatable bonds is 3. The molecular formula is C8H13BrN3+. The number of aryl methyl sites for hydroxylation is 1. The second kappa shape index (κ2) is 4.42. The number of halogens is 1. The Labute approximate surface area is 80.7 Å². The van der Waals surface area contributed by atoms with Crippen LogP contribution in [0.1, 0.15) is 0 Å². The van der Waals surface area contributed by atoms with Gasteiger partial charge in [0.05, 0.1) is 18.1 Å². The second-order valence-corrected chi connectivity index (χ2v) is 3.47. The van der Waals surface area contributed by atoms with Gasteiger partial charge in [0, 0.05) is 12.6 Å². The van der Waals surface area contributed by atoms with E-state index in [4.69, 9.17) is 5.73 Å². The molecule has 0 radical (unpaired) electrons. The molecule has 1 aromatic heterocycles. The average molecular weight is 231 g/mol. The summed E-state index contributed by atoms with van der Waals surface area (Å²) in [5, 5.41) is 3.21. The molecule has 0 aliphatic heterocycles. The van der Waals surface area contributed by atoms with E-state index in [0.717, 1.165) is 16.8 Å². The molecule has 66 valence electrons. The van der Waals surface area contributed by atoms with Gasteiger partial charge >= 0.3 is 0 Å². The number of nitrogens with one attached hydrogen (secondary N) is 1. The normalized spacial score (nSPS) is 9.92. The summed E-state index contributed by atoms with van der Waals surface area (Å²) >= 11 is 3.39. The maximum atomic E-state index is 5.38. The monoisotopic (exact) mass is 230 g/mol. The lowest BCUT2D eigenvalue weighted by atomic mass is 10.4. The van der Waals surface area contributed by atoms with Crippen LogP contribution in [0.3, 0.4) is 0 Å². The fraction of sp³-hybridized carbons (Fsp3) is 0.375. The smallest absolute Gasteiger partial charge is 0.274 e. The van der Waals surface area contributed by atoms with Crippen LogP contribution in [0.25, 0.3) is 0 Å². The molecule has 0 atom stereocenters. The Morgan fingerprint density at radius 3 is 2.92 bits per heavy atom. The summed E-state index contributed by atoms with van der Waals surface area (Å²) in [5.41, 5.74) is 5.38. The molecule has 1 rings (SSSR count). The van der Waals surface area contributed by atoms with Crippen molar-refractivity contribution in [3.05, 3.63) is 22.8 Å². The molecule has 0 amide bonds. The lowest BCUT2D eigenvalue weighted by Crippen LogP contribution is -2.33. The van der Waals surface area contributed by atoms with Gasteiger partial charge in [0.1, 0.15) is 6.20 Å². The van der Waals surface area contributed by atoms with Crippen molar-refractivity contribution in [2.45, 2.75) is 0 Å². The summed E-state index contributed by atoms with van der Waals surface area (Å²) in [6.45, 7) is 1.45. The third-order valence-corrected chi connectivity index (χ3v) is 2.02. The fourth-order valence-corrected chi connectivity index (χ4v) is 1.40. The predicted octanol–water partition coefficient (Wildman–Crippen LogP) is 0.644. The highest BCUT2D eigenvalue weighted by Gasteiger charge is 2.03. The van der Waals surface area contributed by atoms with Crippen LogP contribution in [-0.4, -0.2) is 13.1 Å². The first-order valence-electron chi connectivity index (χ1n) is 3.83. The highest BCUT2D eigenvalue weighted by atomic mass is 79.9. The number of nitrogens with two attached hydrogens (primary N) is 1. The lowest BCUT2D eigenvalue weighted by Gasteiger charge is -2.01. The van der Waals surface area contributed by atoms with Crippen LogP contribution in [0, 0.1) is 0 Å². The Morgan fingerprint density at radius 1 is 1.58 bits per heavy atom. The van der Waals surface area contributed by atoms with E-state index in [1.807, 2.05) is 29.9 Å². The molecule has 0 saturated heterocycles. The zero-order valence-electron chi connectivity index (χ0n) is 7.05. The quantitative estimate of drug-likeness (QED) is 0.750. The summed E-state index contributed by atoms with van der Waals surface area (Å²) in [7, 11) is 1.99. The molecule has 0 spiro atoms. The van der Waals surface area contributed by atoms with Crippen molar-refractivity contribution in [2.75, 3.05) is 18.4 Å². The zero-order valence-corrected chi connectivity index (χ0v) is 8.63. The van der Waals surface area contributed by atoms with Crippen LogP contribution in [0.15, 0.2) is 22.8 Å². The van der Waals surface area contributed by atoms with Gasteiger partial charge in [0.15, 0.2) is 0 Å². The van der Waals surface area contributed by atoms with Crippen LogP contribution in [0.5, 0.6) is 0 Å². The molecule has 0 aromatic carbocycles. The number of pyridine rings is 1. The third-order valence-electron chi connectivity index (χ3n) is 1.55. The molecule has 0 unspecified atom stereocenters. The van der Waals surface area contributed by atoms with E-state index >= 15 is 0 Å². The Morgan fingerprint density at radius 2 is 2.33 bits per heavy atom. The van der Waals surface area contributed by atoms with Gasteiger partial charge in [-0.25, -0.2) is 4.57 Å². The topological polar surface area (TPSA) is 41.9 Å². The van der Waals surface area contributed by atoms with Crippen molar-refractivity contribution in [3.63, 3.8) is 0 Å². The molecule has 0 fully saturated rings. The molecule has 3 N–H and O–H groups in total. The van der Waals surface area contributed by atoms with Crippen molar-refractivity contribution in [2.24, 2.45) is 12.8 Å². The fourth-order valence-electron chi connectivity index (χ4n) is 0.958. The Balaban J connectivity index is 2.72. The van der Waals surface area contributed by atoms with Gasteiger partial charge in [-0.1, -0.05) is 0 Å². The van der Waals surface area contributed by atoms with Crippen LogP contribution in [0.4, 0.5) is 5.82 Å². The minimum Gasteiger partial charge on any atom is -0.327 e. The Hall–Kier alpha value is -0.610. The molecule has 0 bridgehead atoms. The Kier molecular flexibility index (Phi) is 3.49. The summed E-state index contributed by atoms with van der Waals surface area (Å²) in [5.74, 6) is 1.07. The van der Waals surface area contributed by atoms with Crippen molar-refractivity contribution < 1.29 is 4.57 Å². The van der Waals surface area contributed by atoms with E-state index in [9.17, 15) is 0 Å². The van der Waals surface area contributed by atoms with Gasteiger partial charge in [0.25, 0.3) is 5.82 Å². The summed E-state index contributed by atoms with van der Waals surface area (Å²) in [4.78, 5) is 0. The largest absolute Gasteiger partial charge is 0.327 e. The summed E-state index contributed by atoms with van der Waals surface area (Å²) < 4.78 is 3.09. The summed E-state index contributed by atoms with van der Waals surface area (Å²) in [6.07, 6.45) is 2.00. The van der Waals surface area contributed by atoms with Crippen LogP contribution >= 0.6 is 15.9 Å². The lowest BCUT2D eigenvalue weighted by molar-refractivity contribution is -0.657. The van der Waals surface area contributed by atoms with E-state index in [2.05, 4.69) is 21.2 Å². The molecule has 1 aromatic rings. The molecule has 12 heavy (non-hydrogen) atoms. The minimum absolute atomic E-state index is 0.649. The van der Waals surface area contributed by atoms with Crippen molar-refractivity contribution in [1.29, 1.82) is 0 Å². The number of anilines is 1. The van der Waals surface area contributed by atoms with Crippen molar-refractivity contribution >= 4 is 21.7 Å². The van der Waals surface area contributed by atoms with Crippen molar-refractivity contribution in [3.8, 4) is 0 Å². The standard InChI is InChI=1S/C8H12BrN3/c1-12-6-7(9)2-3-8(12)11-5-4-10/h2-3,6H,4-5,10H2,1H3/p+1. The van der Waals surface area contributed by atoms with E-state index in [0.29, 0.717) is 6.54 Å². The number of hydrogen-bond acceptors (Lipinski definition) is 2. The number of aromatic nitrogens is 1. The highest BCUT2D eigenvalue weighted by molar-refractivity contribution is 9.10.